The van der Waals surface area contributed by atoms with Crippen molar-refractivity contribution in [2.45, 2.75) is 6.18 Å². The lowest BCUT2D eigenvalue weighted by Gasteiger charge is -2.08. The van der Waals surface area contributed by atoms with Crippen LogP contribution in [-0.2, 0) is 6.18 Å². The molecule has 0 aliphatic carbocycles. The number of aromatic carboxylic acids is 1. The highest BCUT2D eigenvalue weighted by molar-refractivity contribution is 5.89. The van der Waals surface area contributed by atoms with Gasteiger partial charge in [-0.15, -0.1) is 0 Å². The molecule has 0 amide bonds. The molecule has 0 saturated heterocycles. The number of rotatable bonds is 2. The van der Waals surface area contributed by atoms with Crippen molar-refractivity contribution in [2.24, 2.45) is 0 Å². The molecule has 0 radical (unpaired) electrons. The van der Waals surface area contributed by atoms with Crippen LogP contribution in [0.5, 0.6) is 5.75 Å². The fourth-order valence-electron chi connectivity index (χ4n) is 1.63. The second-order valence-corrected chi connectivity index (χ2v) is 3.97. The molecule has 1 aromatic carbocycles. The average Bonchev–Trinajstić information content (AvgIpc) is 2.37. The molecule has 1 heterocycles. The van der Waals surface area contributed by atoms with Gasteiger partial charge in [-0.1, -0.05) is 12.1 Å². The van der Waals surface area contributed by atoms with E-state index in [0.717, 1.165) is 18.2 Å². The molecule has 104 valence electrons. The topological polar surface area (TPSA) is 70.4 Å². The first-order chi connectivity index (χ1) is 9.29. The van der Waals surface area contributed by atoms with Crippen LogP contribution >= 0.6 is 0 Å². The number of benzene rings is 1. The summed E-state index contributed by atoms with van der Waals surface area (Å²) in [6, 6.07) is 5.38. The van der Waals surface area contributed by atoms with Crippen LogP contribution in [-0.4, -0.2) is 21.2 Å². The number of halogens is 3. The van der Waals surface area contributed by atoms with E-state index < -0.39 is 29.2 Å². The van der Waals surface area contributed by atoms with Crippen LogP contribution in [0.4, 0.5) is 13.2 Å². The molecule has 0 spiro atoms. The fourth-order valence-corrected chi connectivity index (χ4v) is 1.63. The van der Waals surface area contributed by atoms with Crippen LogP contribution in [0.2, 0.25) is 0 Å². The molecule has 0 unspecified atom stereocenters. The van der Waals surface area contributed by atoms with Crippen LogP contribution in [0.15, 0.2) is 36.5 Å². The van der Waals surface area contributed by atoms with Crippen molar-refractivity contribution in [1.82, 2.24) is 4.98 Å². The maximum Gasteiger partial charge on any atom is 0.416 e. The Morgan fingerprint density at radius 1 is 1.10 bits per heavy atom. The fraction of sp³-hybridized carbons (Fsp3) is 0.0769. The monoisotopic (exact) mass is 283 g/mol. The van der Waals surface area contributed by atoms with Gasteiger partial charge >= 0.3 is 12.1 Å². The molecule has 0 bridgehead atoms. The SMILES string of the molecule is O=C(O)c1ncc(-c2ccc(C(F)(F)F)cc2)cc1O. The van der Waals surface area contributed by atoms with E-state index in [1.165, 1.54) is 18.3 Å². The molecular formula is C13H8F3NO3. The number of nitrogens with zero attached hydrogens (tertiary/aromatic N) is 1. The lowest BCUT2D eigenvalue weighted by atomic mass is 10.0. The third kappa shape index (κ3) is 2.71. The predicted molar refractivity (Wildman–Crippen MR) is 63.3 cm³/mol. The summed E-state index contributed by atoms with van der Waals surface area (Å²) in [6.07, 6.45) is -3.25. The van der Waals surface area contributed by atoms with Crippen molar-refractivity contribution in [3.8, 4) is 16.9 Å². The van der Waals surface area contributed by atoms with E-state index >= 15 is 0 Å². The lowest BCUT2D eigenvalue weighted by molar-refractivity contribution is -0.137. The zero-order valence-electron chi connectivity index (χ0n) is 9.85. The number of alkyl halides is 3. The van der Waals surface area contributed by atoms with Gasteiger partial charge in [0.05, 0.1) is 5.56 Å². The van der Waals surface area contributed by atoms with E-state index in [-0.39, 0.29) is 0 Å². The first-order valence-corrected chi connectivity index (χ1v) is 5.39. The maximum atomic E-state index is 12.4. The van der Waals surface area contributed by atoms with Crippen LogP contribution in [0, 0.1) is 0 Å². The summed E-state index contributed by atoms with van der Waals surface area (Å²) in [5.74, 6) is -1.93. The highest BCUT2D eigenvalue weighted by Crippen LogP contribution is 2.31. The number of aromatic nitrogens is 1. The van der Waals surface area contributed by atoms with Gasteiger partial charge in [0.15, 0.2) is 5.69 Å². The standard InChI is InChI=1S/C13H8F3NO3/c14-13(15,16)9-3-1-7(2-4-9)8-5-10(18)11(12(19)20)17-6-8/h1-6,18H,(H,19,20). The van der Waals surface area contributed by atoms with Crippen LogP contribution in [0.25, 0.3) is 11.1 Å². The number of hydrogen-bond acceptors (Lipinski definition) is 3. The number of carboxylic acids is 1. The molecule has 0 saturated carbocycles. The molecule has 2 N–H and O–H groups in total. The van der Waals surface area contributed by atoms with Crippen LogP contribution in [0.1, 0.15) is 16.1 Å². The molecule has 0 aliphatic rings. The molecule has 7 heteroatoms. The number of carboxylic acid groups (broad SMARTS) is 1. The van der Waals surface area contributed by atoms with E-state index in [1.807, 2.05) is 0 Å². The van der Waals surface area contributed by atoms with Crippen molar-refractivity contribution in [3.63, 3.8) is 0 Å². The minimum Gasteiger partial charge on any atom is -0.505 e. The van der Waals surface area contributed by atoms with Crippen molar-refractivity contribution in [3.05, 3.63) is 47.8 Å². The second kappa shape index (κ2) is 4.84. The van der Waals surface area contributed by atoms with E-state index in [1.54, 1.807) is 0 Å². The van der Waals surface area contributed by atoms with E-state index in [4.69, 9.17) is 5.11 Å². The molecule has 4 nitrogen and oxygen atoms in total. The smallest absolute Gasteiger partial charge is 0.416 e. The highest BCUT2D eigenvalue weighted by atomic mass is 19.4. The van der Waals surface area contributed by atoms with Gasteiger partial charge in [0.2, 0.25) is 0 Å². The van der Waals surface area contributed by atoms with E-state index in [9.17, 15) is 23.1 Å². The Labute approximate surface area is 111 Å². The Hall–Kier alpha value is -2.57. The van der Waals surface area contributed by atoms with Gasteiger partial charge in [-0.25, -0.2) is 9.78 Å². The summed E-state index contributed by atoms with van der Waals surface area (Å²) >= 11 is 0. The van der Waals surface area contributed by atoms with Gasteiger partial charge in [0, 0.05) is 11.8 Å². The first kappa shape index (κ1) is 13.9. The van der Waals surface area contributed by atoms with Crippen molar-refractivity contribution in [1.29, 1.82) is 0 Å². The van der Waals surface area contributed by atoms with Gasteiger partial charge in [-0.3, -0.25) is 0 Å². The van der Waals surface area contributed by atoms with E-state index in [2.05, 4.69) is 4.98 Å². The first-order valence-electron chi connectivity index (χ1n) is 5.39. The predicted octanol–water partition coefficient (Wildman–Crippen LogP) is 3.17. The summed E-state index contributed by atoms with van der Waals surface area (Å²) in [4.78, 5) is 14.2. The number of pyridine rings is 1. The summed E-state index contributed by atoms with van der Waals surface area (Å²) < 4.78 is 37.2. The third-order valence-electron chi connectivity index (χ3n) is 2.62. The average molecular weight is 283 g/mol. The van der Waals surface area contributed by atoms with Crippen LogP contribution in [0.3, 0.4) is 0 Å². The number of carbonyl (C=O) groups is 1. The number of hydrogen-bond donors (Lipinski definition) is 2. The quantitative estimate of drug-likeness (QED) is 0.888. The zero-order chi connectivity index (χ0) is 14.9. The third-order valence-corrected chi connectivity index (χ3v) is 2.62. The van der Waals surface area contributed by atoms with Gasteiger partial charge in [-0.2, -0.15) is 13.2 Å². The molecule has 0 aliphatic heterocycles. The van der Waals surface area contributed by atoms with Crippen LogP contribution < -0.4 is 0 Å². The molecule has 0 atom stereocenters. The van der Waals surface area contributed by atoms with Gasteiger partial charge in [-0.05, 0) is 23.8 Å². The Kier molecular flexibility index (Phi) is 3.35. The molecular weight excluding hydrogens is 275 g/mol. The summed E-state index contributed by atoms with van der Waals surface area (Å²) in [5.41, 5.74) is -0.597. The molecule has 0 fully saturated rings. The molecule has 2 aromatic rings. The summed E-state index contributed by atoms with van der Waals surface area (Å²) in [7, 11) is 0. The second-order valence-electron chi connectivity index (χ2n) is 3.97. The number of aromatic hydroxyl groups is 1. The van der Waals surface area contributed by atoms with Crippen molar-refractivity contribution in [2.75, 3.05) is 0 Å². The summed E-state index contributed by atoms with van der Waals surface area (Å²) in [5, 5.41) is 18.2. The Balaban J connectivity index is 2.37. The van der Waals surface area contributed by atoms with Gasteiger partial charge < -0.3 is 10.2 Å². The molecule has 20 heavy (non-hydrogen) atoms. The van der Waals surface area contributed by atoms with Crippen molar-refractivity contribution >= 4 is 5.97 Å². The Bertz CT molecular complexity index is 651. The lowest BCUT2D eigenvalue weighted by Crippen LogP contribution is -2.04. The minimum absolute atomic E-state index is 0.321. The van der Waals surface area contributed by atoms with Gasteiger partial charge in [0.1, 0.15) is 5.75 Å². The molecule has 2 rings (SSSR count). The molecule has 1 aromatic heterocycles. The normalized spacial score (nSPS) is 11.3. The minimum atomic E-state index is -4.42. The Morgan fingerprint density at radius 3 is 2.15 bits per heavy atom. The van der Waals surface area contributed by atoms with E-state index in [0.29, 0.717) is 11.1 Å². The summed E-state index contributed by atoms with van der Waals surface area (Å²) in [6.45, 7) is 0. The highest BCUT2D eigenvalue weighted by Gasteiger charge is 2.30. The van der Waals surface area contributed by atoms with Gasteiger partial charge in [0.25, 0.3) is 0 Å². The zero-order valence-corrected chi connectivity index (χ0v) is 9.85. The van der Waals surface area contributed by atoms with Crippen molar-refractivity contribution < 1.29 is 28.2 Å². The maximum absolute atomic E-state index is 12.4. The largest absolute Gasteiger partial charge is 0.505 e. The Morgan fingerprint density at radius 2 is 1.70 bits per heavy atom.